The molecular weight excluding hydrogens is 226 g/mol. The molecule has 0 amide bonds. The molecular formula is C14H23N3O. The highest BCUT2D eigenvalue weighted by molar-refractivity contribution is 5.42. The van der Waals surface area contributed by atoms with Crippen LogP contribution >= 0.6 is 0 Å². The summed E-state index contributed by atoms with van der Waals surface area (Å²) in [6.45, 7) is 4.91. The van der Waals surface area contributed by atoms with Gasteiger partial charge in [0.25, 0.3) is 0 Å². The fourth-order valence-electron chi connectivity index (χ4n) is 2.89. The molecule has 2 heterocycles. The maximum atomic E-state index is 6.35. The third kappa shape index (κ3) is 2.14. The van der Waals surface area contributed by atoms with Crippen LogP contribution < -0.4 is 5.73 Å². The van der Waals surface area contributed by atoms with Gasteiger partial charge in [0.15, 0.2) is 0 Å². The lowest BCUT2D eigenvalue weighted by Crippen LogP contribution is -2.16. The third-order valence-corrected chi connectivity index (χ3v) is 4.06. The number of hydrogen-bond donors (Lipinski definition) is 1. The molecule has 0 aromatic carbocycles. The van der Waals surface area contributed by atoms with Crippen LogP contribution in [-0.4, -0.2) is 22.8 Å². The number of nitrogen functional groups attached to an aromatic ring is 1. The minimum absolute atomic E-state index is 0.509. The molecule has 18 heavy (non-hydrogen) atoms. The second-order valence-electron chi connectivity index (χ2n) is 5.55. The van der Waals surface area contributed by atoms with E-state index < -0.39 is 0 Å². The Hall–Kier alpha value is -1.03. The van der Waals surface area contributed by atoms with Crippen molar-refractivity contribution in [3.8, 4) is 0 Å². The number of hydrogen-bond acceptors (Lipinski definition) is 3. The second-order valence-corrected chi connectivity index (χ2v) is 5.55. The summed E-state index contributed by atoms with van der Waals surface area (Å²) in [5.41, 5.74) is 7.49. The Labute approximate surface area is 109 Å². The molecule has 0 spiro atoms. The molecule has 3 rings (SSSR count). The Kier molecular flexibility index (Phi) is 3.29. The summed E-state index contributed by atoms with van der Waals surface area (Å²) in [5.74, 6) is 3.35. The van der Waals surface area contributed by atoms with Crippen LogP contribution in [0.25, 0.3) is 0 Å². The van der Waals surface area contributed by atoms with Gasteiger partial charge in [0, 0.05) is 31.6 Å². The van der Waals surface area contributed by atoms with Crippen LogP contribution in [0, 0.1) is 0 Å². The number of nitrogens with zero attached hydrogens (tertiary/aromatic N) is 2. The van der Waals surface area contributed by atoms with E-state index in [1.54, 1.807) is 0 Å². The highest BCUT2D eigenvalue weighted by Gasteiger charge is 2.32. The van der Waals surface area contributed by atoms with Crippen molar-refractivity contribution in [2.75, 3.05) is 18.9 Å². The molecule has 4 nitrogen and oxygen atoms in total. The highest BCUT2D eigenvalue weighted by Crippen LogP contribution is 2.42. The molecule has 1 saturated carbocycles. The van der Waals surface area contributed by atoms with Crippen LogP contribution in [0.4, 0.5) is 5.82 Å². The topological polar surface area (TPSA) is 53.1 Å². The van der Waals surface area contributed by atoms with Crippen molar-refractivity contribution in [2.45, 2.75) is 57.4 Å². The Morgan fingerprint density at radius 1 is 1.22 bits per heavy atom. The Bertz CT molecular complexity index is 417. The van der Waals surface area contributed by atoms with E-state index in [-0.39, 0.29) is 0 Å². The van der Waals surface area contributed by atoms with Crippen LogP contribution in [0.1, 0.15) is 62.4 Å². The van der Waals surface area contributed by atoms with Gasteiger partial charge in [-0.25, -0.2) is 4.98 Å². The van der Waals surface area contributed by atoms with E-state index in [1.165, 1.54) is 18.7 Å². The molecule has 0 radical (unpaired) electrons. The van der Waals surface area contributed by atoms with Gasteiger partial charge in [0.2, 0.25) is 0 Å². The van der Waals surface area contributed by atoms with E-state index in [1.807, 2.05) is 0 Å². The summed E-state index contributed by atoms with van der Waals surface area (Å²) in [4.78, 5) is 4.90. The highest BCUT2D eigenvalue weighted by atomic mass is 16.5. The predicted molar refractivity (Wildman–Crippen MR) is 71.7 cm³/mol. The Morgan fingerprint density at radius 2 is 1.94 bits per heavy atom. The van der Waals surface area contributed by atoms with Gasteiger partial charge in [-0.2, -0.15) is 0 Å². The smallest absolute Gasteiger partial charge is 0.127 e. The Morgan fingerprint density at radius 3 is 2.56 bits per heavy atom. The van der Waals surface area contributed by atoms with Crippen LogP contribution in [-0.2, 0) is 11.3 Å². The summed E-state index contributed by atoms with van der Waals surface area (Å²) in [6, 6.07) is 0. The lowest BCUT2D eigenvalue weighted by molar-refractivity contribution is 0.0847. The minimum Gasteiger partial charge on any atom is -0.384 e. The maximum Gasteiger partial charge on any atom is 0.127 e. The first-order valence-electron chi connectivity index (χ1n) is 7.24. The van der Waals surface area contributed by atoms with Gasteiger partial charge in [0.1, 0.15) is 11.6 Å². The molecule has 2 fully saturated rings. The van der Waals surface area contributed by atoms with Crippen molar-refractivity contribution in [3.05, 3.63) is 11.5 Å². The van der Waals surface area contributed by atoms with Gasteiger partial charge in [-0.05, 0) is 32.1 Å². The molecule has 0 unspecified atom stereocenters. The molecule has 100 valence electrons. The van der Waals surface area contributed by atoms with Crippen LogP contribution in [0.2, 0.25) is 0 Å². The number of aromatic nitrogens is 2. The molecule has 1 saturated heterocycles. The number of anilines is 1. The fourth-order valence-corrected chi connectivity index (χ4v) is 2.89. The molecule has 0 atom stereocenters. The van der Waals surface area contributed by atoms with Crippen molar-refractivity contribution in [1.82, 2.24) is 9.55 Å². The van der Waals surface area contributed by atoms with Crippen LogP contribution in [0.5, 0.6) is 0 Å². The summed E-state index contributed by atoms with van der Waals surface area (Å²) >= 11 is 0. The number of ether oxygens (including phenoxy) is 1. The summed E-state index contributed by atoms with van der Waals surface area (Å²) in [5, 5.41) is 0. The van der Waals surface area contributed by atoms with E-state index in [0.29, 0.717) is 11.8 Å². The first-order chi connectivity index (χ1) is 8.81. The van der Waals surface area contributed by atoms with Gasteiger partial charge >= 0.3 is 0 Å². The Balaban J connectivity index is 1.90. The summed E-state index contributed by atoms with van der Waals surface area (Å²) in [6.07, 6.45) is 5.82. The van der Waals surface area contributed by atoms with Gasteiger partial charge in [-0.1, -0.05) is 6.92 Å². The van der Waals surface area contributed by atoms with E-state index in [4.69, 9.17) is 15.5 Å². The zero-order chi connectivity index (χ0) is 12.5. The lowest BCUT2D eigenvalue weighted by atomic mass is 9.96. The first-order valence-corrected chi connectivity index (χ1v) is 7.24. The molecule has 2 aliphatic rings. The van der Waals surface area contributed by atoms with Crippen molar-refractivity contribution in [1.29, 1.82) is 0 Å². The zero-order valence-corrected chi connectivity index (χ0v) is 11.2. The molecule has 2 N–H and O–H groups in total. The normalized spacial score (nSPS) is 21.4. The van der Waals surface area contributed by atoms with Crippen LogP contribution in [0.15, 0.2) is 0 Å². The molecule has 1 aromatic heterocycles. The van der Waals surface area contributed by atoms with E-state index in [2.05, 4.69) is 11.5 Å². The zero-order valence-electron chi connectivity index (χ0n) is 11.2. The largest absolute Gasteiger partial charge is 0.384 e. The summed E-state index contributed by atoms with van der Waals surface area (Å²) < 4.78 is 7.70. The van der Waals surface area contributed by atoms with Gasteiger partial charge in [0.05, 0.1) is 5.69 Å². The quantitative estimate of drug-likeness (QED) is 0.892. The van der Waals surface area contributed by atoms with E-state index in [9.17, 15) is 0 Å². The maximum absolute atomic E-state index is 6.35. The lowest BCUT2D eigenvalue weighted by Gasteiger charge is -2.20. The molecule has 1 aliphatic heterocycles. The van der Waals surface area contributed by atoms with E-state index >= 15 is 0 Å². The fraction of sp³-hybridized carbons (Fsp3) is 0.786. The van der Waals surface area contributed by atoms with Gasteiger partial charge in [-0.15, -0.1) is 0 Å². The van der Waals surface area contributed by atoms with Crippen molar-refractivity contribution < 1.29 is 4.74 Å². The second kappa shape index (κ2) is 4.92. The molecule has 4 heteroatoms. The minimum atomic E-state index is 0.509. The standard InChI is InChI=1S/C14H23N3O/c1-2-7-17-13(15)12(10-5-8-18-9-6-10)16-14(17)11-3-4-11/h10-11H,2-9,15H2,1H3. The van der Waals surface area contributed by atoms with Crippen molar-refractivity contribution in [3.63, 3.8) is 0 Å². The number of rotatable bonds is 4. The van der Waals surface area contributed by atoms with Crippen molar-refractivity contribution >= 4 is 5.82 Å². The number of imidazole rings is 1. The van der Waals surface area contributed by atoms with Gasteiger partial charge < -0.3 is 15.0 Å². The van der Waals surface area contributed by atoms with Gasteiger partial charge in [-0.3, -0.25) is 0 Å². The molecule has 1 aromatic rings. The molecule has 1 aliphatic carbocycles. The summed E-state index contributed by atoms with van der Waals surface area (Å²) in [7, 11) is 0. The monoisotopic (exact) mass is 249 g/mol. The van der Waals surface area contributed by atoms with Crippen LogP contribution in [0.3, 0.4) is 0 Å². The van der Waals surface area contributed by atoms with Crippen molar-refractivity contribution in [2.24, 2.45) is 0 Å². The predicted octanol–water partition coefficient (Wildman–Crippen LogP) is 2.65. The van der Waals surface area contributed by atoms with E-state index in [0.717, 1.165) is 50.5 Å². The average Bonchev–Trinajstić information content (AvgIpc) is 3.19. The number of nitrogens with two attached hydrogens (primary N) is 1. The molecule has 0 bridgehead atoms. The third-order valence-electron chi connectivity index (χ3n) is 4.06. The SMILES string of the molecule is CCCn1c(C2CC2)nc(C2CCOCC2)c1N. The average molecular weight is 249 g/mol. The first kappa shape index (κ1) is 12.0.